The van der Waals surface area contributed by atoms with E-state index < -0.39 is 5.60 Å². The molecule has 3 aliphatic carbocycles. The summed E-state index contributed by atoms with van der Waals surface area (Å²) in [6, 6.07) is 9.62. The first-order valence-corrected chi connectivity index (χ1v) is 12.4. The minimum Gasteiger partial charge on any atom is -0.375 e. The molecule has 0 radical (unpaired) electrons. The van der Waals surface area contributed by atoms with Crippen LogP contribution < -0.4 is 5.32 Å². The Morgan fingerprint density at radius 3 is 2.27 bits per heavy atom. The molecule has 0 spiro atoms. The molecule has 164 valence electrons. The Morgan fingerprint density at radius 1 is 0.967 bits per heavy atom. The Balaban J connectivity index is 1.14. The molecule has 1 heterocycles. The normalized spacial score (nSPS) is 32.0. The molecule has 1 unspecified atom stereocenters. The summed E-state index contributed by atoms with van der Waals surface area (Å²) in [6.45, 7) is 4.45. The van der Waals surface area contributed by atoms with Crippen molar-refractivity contribution in [1.29, 1.82) is 0 Å². The van der Waals surface area contributed by atoms with Crippen LogP contribution in [0.1, 0.15) is 63.4 Å². The number of hydrogen-bond acceptors (Lipinski definition) is 3. The summed E-state index contributed by atoms with van der Waals surface area (Å²) in [5.41, 5.74) is -0.626. The maximum Gasteiger partial charge on any atom is 0.256 e. The third-order valence-corrected chi connectivity index (χ3v) is 8.69. The van der Waals surface area contributed by atoms with Gasteiger partial charge in [0.1, 0.15) is 0 Å². The smallest absolute Gasteiger partial charge is 0.256 e. The number of aliphatic hydroxyl groups is 1. The number of rotatable bonds is 7. The Hall–Kier alpha value is -1.39. The van der Waals surface area contributed by atoms with Gasteiger partial charge in [0.2, 0.25) is 0 Å². The molecular formula is C26H38N2O2. The average molecular weight is 411 g/mol. The van der Waals surface area contributed by atoms with E-state index in [1.54, 1.807) is 0 Å². The molecule has 0 bridgehead atoms. The highest BCUT2D eigenvalue weighted by molar-refractivity contribution is 5.86. The zero-order valence-electron chi connectivity index (χ0n) is 18.3. The molecule has 4 atom stereocenters. The lowest BCUT2D eigenvalue weighted by Crippen LogP contribution is -2.49. The van der Waals surface area contributed by atoms with Crippen molar-refractivity contribution in [3.8, 4) is 0 Å². The van der Waals surface area contributed by atoms with Gasteiger partial charge in [-0.1, -0.05) is 62.4 Å². The lowest BCUT2D eigenvalue weighted by Gasteiger charge is -2.33. The lowest BCUT2D eigenvalue weighted by atomic mass is 9.79. The SMILES string of the molecule is O=C(NC[C@H]1C2CN(CC3CCCCC3)C[C@@H]21)[C@@](O)(c1ccccc1)C1CCCC1. The molecule has 2 N–H and O–H groups in total. The number of fused-ring (bicyclic) bond motifs is 1. The summed E-state index contributed by atoms with van der Waals surface area (Å²) >= 11 is 0. The zero-order chi connectivity index (χ0) is 20.6. The second kappa shape index (κ2) is 8.63. The Labute approximate surface area is 181 Å². The molecule has 4 heteroatoms. The van der Waals surface area contributed by atoms with Crippen LogP contribution in [0.2, 0.25) is 0 Å². The Bertz CT molecular complexity index is 714. The number of carbonyl (C=O) groups excluding carboxylic acids is 1. The van der Waals surface area contributed by atoms with Gasteiger partial charge in [0.05, 0.1) is 0 Å². The van der Waals surface area contributed by atoms with Gasteiger partial charge < -0.3 is 15.3 Å². The Morgan fingerprint density at radius 2 is 1.60 bits per heavy atom. The topological polar surface area (TPSA) is 52.6 Å². The molecule has 1 aliphatic heterocycles. The summed E-state index contributed by atoms with van der Waals surface area (Å²) in [6.07, 6.45) is 11.2. The van der Waals surface area contributed by atoms with Crippen LogP contribution in [0, 0.1) is 29.6 Å². The van der Waals surface area contributed by atoms with Gasteiger partial charge in [-0.05, 0) is 54.9 Å². The summed E-state index contributed by atoms with van der Waals surface area (Å²) < 4.78 is 0. The number of carbonyl (C=O) groups is 1. The highest BCUT2D eigenvalue weighted by atomic mass is 16.3. The van der Waals surface area contributed by atoms with Crippen molar-refractivity contribution in [3.05, 3.63) is 35.9 Å². The molecule has 4 fully saturated rings. The molecule has 4 aliphatic rings. The van der Waals surface area contributed by atoms with Crippen LogP contribution in [-0.4, -0.2) is 42.1 Å². The van der Waals surface area contributed by atoms with Crippen LogP contribution in [0.5, 0.6) is 0 Å². The molecule has 3 saturated carbocycles. The molecule has 1 aromatic rings. The highest BCUT2D eigenvalue weighted by Gasteiger charge is 2.56. The molecular weight excluding hydrogens is 372 g/mol. The zero-order valence-corrected chi connectivity index (χ0v) is 18.3. The van der Waals surface area contributed by atoms with Gasteiger partial charge in [0, 0.05) is 32.1 Å². The summed E-state index contributed by atoms with van der Waals surface area (Å²) in [5, 5.41) is 14.8. The monoisotopic (exact) mass is 410 g/mol. The average Bonchev–Trinajstić information content (AvgIpc) is 3.17. The fourth-order valence-electron chi connectivity index (χ4n) is 6.86. The van der Waals surface area contributed by atoms with Gasteiger partial charge in [0.25, 0.3) is 5.91 Å². The van der Waals surface area contributed by atoms with Gasteiger partial charge in [-0.2, -0.15) is 0 Å². The van der Waals surface area contributed by atoms with E-state index in [0.717, 1.165) is 55.5 Å². The van der Waals surface area contributed by atoms with E-state index in [2.05, 4.69) is 10.2 Å². The number of benzene rings is 1. The third-order valence-electron chi connectivity index (χ3n) is 8.69. The number of amides is 1. The van der Waals surface area contributed by atoms with Crippen LogP contribution in [-0.2, 0) is 10.4 Å². The van der Waals surface area contributed by atoms with Crippen LogP contribution >= 0.6 is 0 Å². The second-order valence-electron chi connectivity index (χ2n) is 10.5. The van der Waals surface area contributed by atoms with Crippen molar-refractivity contribution in [2.45, 2.75) is 63.4 Å². The number of nitrogens with one attached hydrogen (secondary N) is 1. The number of hydrogen-bond donors (Lipinski definition) is 2. The van der Waals surface area contributed by atoms with Gasteiger partial charge >= 0.3 is 0 Å². The Kier molecular flexibility index (Phi) is 5.90. The van der Waals surface area contributed by atoms with Gasteiger partial charge in [-0.25, -0.2) is 0 Å². The minimum absolute atomic E-state index is 0.0320. The first-order chi connectivity index (χ1) is 14.7. The number of piperidine rings is 1. The second-order valence-corrected chi connectivity index (χ2v) is 10.5. The van der Waals surface area contributed by atoms with Crippen LogP contribution in [0.3, 0.4) is 0 Å². The largest absolute Gasteiger partial charge is 0.375 e. The molecule has 4 nitrogen and oxygen atoms in total. The predicted molar refractivity (Wildman–Crippen MR) is 119 cm³/mol. The summed E-state index contributed by atoms with van der Waals surface area (Å²) in [7, 11) is 0. The third kappa shape index (κ3) is 3.93. The first-order valence-electron chi connectivity index (χ1n) is 12.4. The van der Waals surface area contributed by atoms with Crippen molar-refractivity contribution in [2.75, 3.05) is 26.2 Å². The maximum absolute atomic E-state index is 13.3. The van der Waals surface area contributed by atoms with E-state index >= 15 is 0 Å². The van der Waals surface area contributed by atoms with Crippen molar-refractivity contribution >= 4 is 5.91 Å². The van der Waals surface area contributed by atoms with Crippen LogP contribution in [0.15, 0.2) is 30.3 Å². The number of nitrogens with zero attached hydrogens (tertiary/aromatic N) is 1. The van der Waals surface area contributed by atoms with E-state index in [-0.39, 0.29) is 11.8 Å². The van der Waals surface area contributed by atoms with Gasteiger partial charge in [0.15, 0.2) is 5.60 Å². The first kappa shape index (κ1) is 20.5. The van der Waals surface area contributed by atoms with E-state index in [9.17, 15) is 9.90 Å². The molecule has 1 amide bonds. The fourth-order valence-corrected chi connectivity index (χ4v) is 6.86. The fraction of sp³-hybridized carbons (Fsp3) is 0.731. The van der Waals surface area contributed by atoms with Gasteiger partial charge in [-0.3, -0.25) is 4.79 Å². The van der Waals surface area contributed by atoms with Crippen LogP contribution in [0.4, 0.5) is 0 Å². The van der Waals surface area contributed by atoms with E-state index in [0.29, 0.717) is 5.92 Å². The molecule has 30 heavy (non-hydrogen) atoms. The molecule has 0 aromatic heterocycles. The standard InChI is InChI=1S/C26H38N2O2/c29-25(26(30,21-13-7-8-14-21)20-11-5-2-6-12-20)27-15-22-23-17-28(18-24(22)23)16-19-9-3-1-4-10-19/h2,5-6,11-12,19,21-24,30H,1,3-4,7-10,13-18H2,(H,27,29)/t22-,23-,24?,26-/m1/s1. The highest BCUT2D eigenvalue weighted by Crippen LogP contribution is 2.51. The molecule has 1 aromatic carbocycles. The van der Waals surface area contributed by atoms with E-state index in [1.165, 1.54) is 51.7 Å². The molecule has 5 rings (SSSR count). The summed E-state index contributed by atoms with van der Waals surface area (Å²) in [5.74, 6) is 2.89. The quantitative estimate of drug-likeness (QED) is 0.716. The van der Waals surface area contributed by atoms with Crippen molar-refractivity contribution in [3.63, 3.8) is 0 Å². The van der Waals surface area contributed by atoms with Gasteiger partial charge in [-0.15, -0.1) is 0 Å². The summed E-state index contributed by atoms with van der Waals surface area (Å²) in [4.78, 5) is 15.9. The van der Waals surface area contributed by atoms with Crippen molar-refractivity contribution < 1.29 is 9.90 Å². The minimum atomic E-state index is -1.38. The van der Waals surface area contributed by atoms with E-state index in [1.807, 2.05) is 30.3 Å². The van der Waals surface area contributed by atoms with Crippen molar-refractivity contribution in [2.24, 2.45) is 29.6 Å². The maximum atomic E-state index is 13.3. The lowest BCUT2D eigenvalue weighted by molar-refractivity contribution is -0.147. The number of likely N-dealkylation sites (tertiary alicyclic amines) is 1. The van der Waals surface area contributed by atoms with Crippen LogP contribution in [0.25, 0.3) is 0 Å². The van der Waals surface area contributed by atoms with Crippen molar-refractivity contribution in [1.82, 2.24) is 10.2 Å². The predicted octanol–water partition coefficient (Wildman–Crippen LogP) is 3.94. The molecule has 1 saturated heterocycles. The van der Waals surface area contributed by atoms with E-state index in [4.69, 9.17) is 0 Å².